The molecule has 0 aromatic heterocycles. The average molecular weight is 280 g/mol. The van der Waals surface area contributed by atoms with Gasteiger partial charge >= 0.3 is 5.97 Å². The van der Waals surface area contributed by atoms with E-state index in [0.717, 1.165) is 10.8 Å². The molecule has 106 valence electrons. The molecule has 0 heterocycles. The molecule has 0 unspecified atom stereocenters. The molecular formula is C18H16O3. The van der Waals surface area contributed by atoms with Gasteiger partial charge in [0.05, 0.1) is 0 Å². The van der Waals surface area contributed by atoms with Crippen LogP contribution < -0.4 is 0 Å². The second-order valence-electron chi connectivity index (χ2n) is 4.48. The summed E-state index contributed by atoms with van der Waals surface area (Å²) < 4.78 is 4.91. The van der Waals surface area contributed by atoms with Crippen LogP contribution in [0.15, 0.2) is 66.8 Å². The van der Waals surface area contributed by atoms with Crippen LogP contribution in [0.5, 0.6) is 0 Å². The Kier molecular flexibility index (Phi) is 5.04. The zero-order chi connectivity index (χ0) is 15.1. The number of ether oxygens (including phenoxy) is 1. The Balaban J connectivity index is 2.00. The molecule has 2 aromatic carbocycles. The number of carbonyl (C=O) groups is 2. The van der Waals surface area contributed by atoms with Gasteiger partial charge in [-0.15, -0.1) is 0 Å². The quantitative estimate of drug-likeness (QED) is 0.363. The minimum absolute atomic E-state index is 0.214. The van der Waals surface area contributed by atoms with Gasteiger partial charge in [0.1, 0.15) is 0 Å². The smallest absolute Gasteiger partial charge is 0.331 e. The van der Waals surface area contributed by atoms with E-state index in [2.05, 4.69) is 0 Å². The molecule has 0 saturated carbocycles. The van der Waals surface area contributed by atoms with Crippen molar-refractivity contribution < 1.29 is 14.3 Å². The third-order valence-corrected chi connectivity index (χ3v) is 2.95. The maximum absolute atomic E-state index is 12.0. The largest absolute Gasteiger partial charge is 0.454 e. The van der Waals surface area contributed by atoms with Crippen molar-refractivity contribution in [1.82, 2.24) is 0 Å². The highest BCUT2D eigenvalue weighted by Gasteiger charge is 2.08. The van der Waals surface area contributed by atoms with Gasteiger partial charge in [-0.25, -0.2) is 4.79 Å². The molecule has 21 heavy (non-hydrogen) atoms. The van der Waals surface area contributed by atoms with Crippen LogP contribution in [0, 0.1) is 0 Å². The Bertz CT molecular complexity index is 711. The van der Waals surface area contributed by atoms with Crippen molar-refractivity contribution in [3.63, 3.8) is 0 Å². The van der Waals surface area contributed by atoms with Crippen LogP contribution >= 0.6 is 0 Å². The van der Waals surface area contributed by atoms with Crippen molar-refractivity contribution in [3.05, 3.63) is 72.3 Å². The lowest BCUT2D eigenvalue weighted by molar-refractivity contribution is -0.136. The molecule has 0 spiro atoms. The highest BCUT2D eigenvalue weighted by Crippen LogP contribution is 2.16. The van der Waals surface area contributed by atoms with Gasteiger partial charge in [-0.2, -0.15) is 0 Å². The van der Waals surface area contributed by atoms with E-state index in [4.69, 9.17) is 4.74 Å². The lowest BCUT2D eigenvalue weighted by atomic mass is 10.0. The Morgan fingerprint density at radius 3 is 2.57 bits per heavy atom. The van der Waals surface area contributed by atoms with Crippen molar-refractivity contribution in [2.24, 2.45) is 0 Å². The predicted molar refractivity (Wildman–Crippen MR) is 83.2 cm³/mol. The fourth-order valence-corrected chi connectivity index (χ4v) is 1.88. The van der Waals surface area contributed by atoms with E-state index in [-0.39, 0.29) is 12.4 Å². The Morgan fingerprint density at radius 1 is 1.05 bits per heavy atom. The molecule has 0 aliphatic heterocycles. The number of hydrogen-bond donors (Lipinski definition) is 0. The van der Waals surface area contributed by atoms with Crippen LogP contribution in [0.3, 0.4) is 0 Å². The Hall–Kier alpha value is -2.68. The summed E-state index contributed by atoms with van der Waals surface area (Å²) in [6, 6.07) is 13.2. The van der Waals surface area contributed by atoms with Crippen LogP contribution in [0.1, 0.15) is 17.3 Å². The number of ketones is 1. The highest BCUT2D eigenvalue weighted by molar-refractivity contribution is 6.01. The van der Waals surface area contributed by atoms with Gasteiger partial charge in [0, 0.05) is 11.6 Å². The molecule has 3 heteroatoms. The molecule has 0 aliphatic carbocycles. The molecule has 0 bridgehead atoms. The van der Waals surface area contributed by atoms with Gasteiger partial charge < -0.3 is 4.74 Å². The highest BCUT2D eigenvalue weighted by atomic mass is 16.5. The Labute approximate surface area is 123 Å². The van der Waals surface area contributed by atoms with E-state index >= 15 is 0 Å². The number of fused-ring (bicyclic) bond motifs is 1. The van der Waals surface area contributed by atoms with Gasteiger partial charge in [-0.3, -0.25) is 4.79 Å². The third-order valence-electron chi connectivity index (χ3n) is 2.95. The van der Waals surface area contributed by atoms with Crippen molar-refractivity contribution >= 4 is 22.5 Å². The van der Waals surface area contributed by atoms with Gasteiger partial charge in [-0.1, -0.05) is 54.6 Å². The van der Waals surface area contributed by atoms with Crippen molar-refractivity contribution in [3.8, 4) is 0 Å². The first-order chi connectivity index (χ1) is 10.2. The molecular weight excluding hydrogens is 264 g/mol. The zero-order valence-corrected chi connectivity index (χ0v) is 11.8. The molecule has 3 nitrogen and oxygen atoms in total. The number of hydrogen-bond acceptors (Lipinski definition) is 3. The standard InChI is InChI=1S/C18H16O3/c1-2-3-4-9-18(20)21-13-17(19)16-11-10-14-7-5-6-8-15(14)12-16/h2-12H,13H2,1H3/b3-2+,9-4+. The summed E-state index contributed by atoms with van der Waals surface area (Å²) in [5.41, 5.74) is 0.541. The first-order valence-corrected chi connectivity index (χ1v) is 6.69. The molecule has 0 saturated heterocycles. The first-order valence-electron chi connectivity index (χ1n) is 6.69. The molecule has 0 aliphatic rings. The lowest BCUT2D eigenvalue weighted by Crippen LogP contribution is -2.12. The van der Waals surface area contributed by atoms with Crippen LogP contribution in [0.25, 0.3) is 10.8 Å². The van der Waals surface area contributed by atoms with E-state index in [1.54, 1.807) is 30.4 Å². The van der Waals surface area contributed by atoms with Crippen molar-refractivity contribution in [2.45, 2.75) is 6.92 Å². The number of Topliss-reactive ketones (excluding diaryl/α,β-unsaturated/α-hetero) is 1. The minimum atomic E-state index is -0.526. The van der Waals surface area contributed by atoms with E-state index in [1.165, 1.54) is 6.08 Å². The maximum atomic E-state index is 12.0. The predicted octanol–water partition coefficient (Wildman–Crippen LogP) is 3.70. The summed E-state index contributed by atoms with van der Waals surface area (Å²) in [7, 11) is 0. The fraction of sp³-hybridized carbons (Fsp3) is 0.111. The van der Waals surface area contributed by atoms with Crippen molar-refractivity contribution in [1.29, 1.82) is 0 Å². The first kappa shape index (κ1) is 14.7. The average Bonchev–Trinajstić information content (AvgIpc) is 2.52. The maximum Gasteiger partial charge on any atom is 0.331 e. The monoisotopic (exact) mass is 280 g/mol. The van der Waals surface area contributed by atoms with Crippen LogP contribution in [-0.2, 0) is 9.53 Å². The van der Waals surface area contributed by atoms with Gasteiger partial charge in [-0.05, 0) is 23.8 Å². The molecule has 2 rings (SSSR count). The van der Waals surface area contributed by atoms with E-state index in [0.29, 0.717) is 5.56 Å². The zero-order valence-electron chi connectivity index (χ0n) is 11.8. The molecule has 0 radical (unpaired) electrons. The van der Waals surface area contributed by atoms with Crippen molar-refractivity contribution in [2.75, 3.05) is 6.61 Å². The minimum Gasteiger partial charge on any atom is -0.454 e. The fourth-order valence-electron chi connectivity index (χ4n) is 1.88. The summed E-state index contributed by atoms with van der Waals surface area (Å²) in [5, 5.41) is 2.06. The number of carbonyl (C=O) groups excluding carboxylic acids is 2. The van der Waals surface area contributed by atoms with Gasteiger partial charge in [0.15, 0.2) is 12.4 Å². The molecule has 0 atom stereocenters. The normalized spacial score (nSPS) is 11.3. The van der Waals surface area contributed by atoms with Gasteiger partial charge in [0.25, 0.3) is 0 Å². The summed E-state index contributed by atoms with van der Waals surface area (Å²) in [6.45, 7) is 1.59. The molecule has 2 aromatic rings. The summed E-state index contributed by atoms with van der Waals surface area (Å²) in [5.74, 6) is -0.740. The van der Waals surface area contributed by atoms with Crippen LogP contribution in [0.2, 0.25) is 0 Å². The number of rotatable bonds is 5. The second kappa shape index (κ2) is 7.20. The number of esters is 1. The number of allylic oxidation sites excluding steroid dienone is 3. The SMILES string of the molecule is C/C=C/C=C/C(=O)OCC(=O)c1ccc2ccccc2c1. The van der Waals surface area contributed by atoms with E-state index in [9.17, 15) is 9.59 Å². The summed E-state index contributed by atoms with van der Waals surface area (Å²) in [4.78, 5) is 23.4. The summed E-state index contributed by atoms with van der Waals surface area (Å²) >= 11 is 0. The second-order valence-corrected chi connectivity index (χ2v) is 4.48. The van der Waals surface area contributed by atoms with E-state index in [1.807, 2.05) is 37.3 Å². The summed E-state index contributed by atoms with van der Waals surface area (Å²) in [6.07, 6.45) is 6.37. The van der Waals surface area contributed by atoms with Crippen LogP contribution in [0.4, 0.5) is 0 Å². The Morgan fingerprint density at radius 2 is 1.81 bits per heavy atom. The molecule has 0 N–H and O–H groups in total. The molecule has 0 amide bonds. The lowest BCUT2D eigenvalue weighted by Gasteiger charge is -2.03. The topological polar surface area (TPSA) is 43.4 Å². The third kappa shape index (κ3) is 4.14. The number of benzene rings is 2. The van der Waals surface area contributed by atoms with E-state index < -0.39 is 5.97 Å². The van der Waals surface area contributed by atoms with Crippen LogP contribution in [-0.4, -0.2) is 18.4 Å². The van der Waals surface area contributed by atoms with Gasteiger partial charge in [0.2, 0.25) is 0 Å². The molecule has 0 fully saturated rings.